The molecular weight excluding hydrogens is 340 g/mol. The van der Waals surface area contributed by atoms with Gasteiger partial charge >= 0.3 is 0 Å². The topological polar surface area (TPSA) is 85.2 Å². The zero-order chi connectivity index (χ0) is 19.1. The van der Waals surface area contributed by atoms with Crippen LogP contribution in [0.2, 0.25) is 0 Å². The maximum Gasteiger partial charge on any atom is 0.251 e. The van der Waals surface area contributed by atoms with Gasteiger partial charge in [-0.2, -0.15) is 5.26 Å². The first-order valence-electron chi connectivity index (χ1n) is 9.09. The van der Waals surface area contributed by atoms with E-state index in [9.17, 15) is 9.59 Å². The van der Waals surface area contributed by atoms with Gasteiger partial charge in [-0.05, 0) is 61.7 Å². The van der Waals surface area contributed by atoms with Crippen LogP contribution >= 0.6 is 0 Å². The molecule has 3 rings (SSSR count). The fourth-order valence-electron chi connectivity index (χ4n) is 3.11. The Kier molecular flexibility index (Phi) is 6.06. The first-order chi connectivity index (χ1) is 13.2. The summed E-state index contributed by atoms with van der Waals surface area (Å²) >= 11 is 0. The standard InChI is InChI=1S/C21H22N4O2/c22-14-16-5-4-6-17(13-16)21(27)23-15-20(26)24-18-7-9-19(10-8-18)25-11-2-1-3-12-25/h4-10,13H,1-3,11-12,15H2,(H,23,27)(H,24,26). The van der Waals surface area contributed by atoms with Crippen molar-refractivity contribution < 1.29 is 9.59 Å². The molecule has 2 amide bonds. The number of hydrogen-bond donors (Lipinski definition) is 2. The number of anilines is 2. The molecule has 6 nitrogen and oxygen atoms in total. The first-order valence-corrected chi connectivity index (χ1v) is 9.09. The highest BCUT2D eigenvalue weighted by Gasteiger charge is 2.12. The molecule has 2 aromatic carbocycles. The Labute approximate surface area is 158 Å². The summed E-state index contributed by atoms with van der Waals surface area (Å²) in [7, 11) is 0. The Bertz CT molecular complexity index is 849. The number of benzene rings is 2. The lowest BCUT2D eigenvalue weighted by Gasteiger charge is -2.28. The molecule has 0 radical (unpaired) electrons. The molecule has 2 aromatic rings. The summed E-state index contributed by atoms with van der Waals surface area (Å²) in [5, 5.41) is 14.2. The zero-order valence-electron chi connectivity index (χ0n) is 15.1. The third kappa shape index (κ3) is 5.08. The van der Waals surface area contributed by atoms with Crippen molar-refractivity contribution in [3.8, 4) is 6.07 Å². The van der Waals surface area contributed by atoms with Gasteiger partial charge in [-0.25, -0.2) is 0 Å². The van der Waals surface area contributed by atoms with Crippen LogP contribution in [-0.4, -0.2) is 31.4 Å². The lowest BCUT2D eigenvalue weighted by molar-refractivity contribution is -0.115. The van der Waals surface area contributed by atoms with Crippen LogP contribution < -0.4 is 15.5 Å². The van der Waals surface area contributed by atoms with Crippen LogP contribution in [0.3, 0.4) is 0 Å². The molecule has 1 aliphatic rings. The van der Waals surface area contributed by atoms with E-state index in [-0.39, 0.29) is 18.4 Å². The molecule has 6 heteroatoms. The van der Waals surface area contributed by atoms with Crippen LogP contribution in [0.4, 0.5) is 11.4 Å². The fraction of sp³-hybridized carbons (Fsp3) is 0.286. The van der Waals surface area contributed by atoms with Gasteiger partial charge in [0.05, 0.1) is 18.2 Å². The molecule has 138 valence electrons. The summed E-state index contributed by atoms with van der Waals surface area (Å²) in [6.07, 6.45) is 3.72. The highest BCUT2D eigenvalue weighted by atomic mass is 16.2. The number of carbonyl (C=O) groups is 2. The number of nitriles is 1. The van der Waals surface area contributed by atoms with E-state index in [0.717, 1.165) is 13.1 Å². The molecule has 0 aromatic heterocycles. The summed E-state index contributed by atoms with van der Waals surface area (Å²) in [4.78, 5) is 26.5. The van der Waals surface area contributed by atoms with Crippen molar-refractivity contribution >= 4 is 23.2 Å². The van der Waals surface area contributed by atoms with Gasteiger partial charge in [0.15, 0.2) is 0 Å². The highest BCUT2D eigenvalue weighted by molar-refractivity contribution is 5.99. The van der Waals surface area contributed by atoms with Crippen molar-refractivity contribution in [3.05, 3.63) is 59.7 Å². The maximum atomic E-state index is 12.1. The van der Waals surface area contributed by atoms with E-state index in [2.05, 4.69) is 15.5 Å². The fourth-order valence-corrected chi connectivity index (χ4v) is 3.11. The van der Waals surface area contributed by atoms with Gasteiger partial charge in [0.25, 0.3) is 5.91 Å². The summed E-state index contributed by atoms with van der Waals surface area (Å²) in [5.74, 6) is -0.687. The zero-order valence-corrected chi connectivity index (χ0v) is 15.1. The Balaban J connectivity index is 1.50. The third-order valence-electron chi connectivity index (χ3n) is 4.54. The third-order valence-corrected chi connectivity index (χ3v) is 4.54. The summed E-state index contributed by atoms with van der Waals surface area (Å²) in [5.41, 5.74) is 2.62. The number of amides is 2. The van der Waals surface area contributed by atoms with Gasteiger partial charge in [0.1, 0.15) is 0 Å². The second-order valence-corrected chi connectivity index (χ2v) is 6.52. The maximum absolute atomic E-state index is 12.1. The quantitative estimate of drug-likeness (QED) is 0.856. The smallest absolute Gasteiger partial charge is 0.251 e. The summed E-state index contributed by atoms with van der Waals surface area (Å²) < 4.78 is 0. The Morgan fingerprint density at radius 3 is 2.48 bits per heavy atom. The van der Waals surface area contributed by atoms with Crippen molar-refractivity contribution in [2.45, 2.75) is 19.3 Å². The Hall–Kier alpha value is -3.33. The van der Waals surface area contributed by atoms with Gasteiger partial charge in [0.2, 0.25) is 5.91 Å². The van der Waals surface area contributed by atoms with Gasteiger partial charge < -0.3 is 15.5 Å². The predicted octanol–water partition coefficient (Wildman–Crippen LogP) is 2.92. The molecular formula is C21H22N4O2. The molecule has 2 N–H and O–H groups in total. The average molecular weight is 362 g/mol. The molecule has 0 bridgehead atoms. The summed E-state index contributed by atoms with van der Waals surface area (Å²) in [6.45, 7) is 2.01. The van der Waals surface area contributed by atoms with E-state index in [4.69, 9.17) is 5.26 Å². The predicted molar refractivity (Wildman–Crippen MR) is 105 cm³/mol. The molecule has 1 fully saturated rings. The van der Waals surface area contributed by atoms with Crippen molar-refractivity contribution in [2.75, 3.05) is 29.9 Å². The second-order valence-electron chi connectivity index (χ2n) is 6.52. The van der Waals surface area contributed by atoms with Crippen LogP contribution in [0.1, 0.15) is 35.2 Å². The number of nitrogens with one attached hydrogen (secondary N) is 2. The molecule has 0 atom stereocenters. The van der Waals surface area contributed by atoms with Crippen LogP contribution in [0.5, 0.6) is 0 Å². The first kappa shape index (κ1) is 18.5. The molecule has 27 heavy (non-hydrogen) atoms. The number of rotatable bonds is 5. The van der Waals surface area contributed by atoms with Gasteiger partial charge in [0, 0.05) is 30.0 Å². The van der Waals surface area contributed by atoms with E-state index < -0.39 is 0 Å². The Morgan fingerprint density at radius 1 is 1.04 bits per heavy atom. The average Bonchev–Trinajstić information content (AvgIpc) is 2.73. The number of piperidine rings is 1. The van der Waals surface area contributed by atoms with Crippen LogP contribution in [-0.2, 0) is 4.79 Å². The lowest BCUT2D eigenvalue weighted by atomic mass is 10.1. The number of carbonyl (C=O) groups excluding carboxylic acids is 2. The van der Waals surface area contributed by atoms with Crippen molar-refractivity contribution in [2.24, 2.45) is 0 Å². The molecule has 1 aliphatic heterocycles. The van der Waals surface area contributed by atoms with Crippen LogP contribution in [0, 0.1) is 11.3 Å². The minimum absolute atomic E-state index is 0.135. The van der Waals surface area contributed by atoms with E-state index >= 15 is 0 Å². The van der Waals surface area contributed by atoms with Gasteiger partial charge in [-0.15, -0.1) is 0 Å². The number of hydrogen-bond acceptors (Lipinski definition) is 4. The summed E-state index contributed by atoms with van der Waals surface area (Å²) in [6, 6.07) is 16.1. The molecule has 1 heterocycles. The number of nitrogens with zero attached hydrogens (tertiary/aromatic N) is 2. The Morgan fingerprint density at radius 2 is 1.78 bits per heavy atom. The molecule has 0 aliphatic carbocycles. The van der Waals surface area contributed by atoms with Crippen molar-refractivity contribution in [1.82, 2.24) is 5.32 Å². The van der Waals surface area contributed by atoms with E-state index in [0.29, 0.717) is 16.8 Å². The van der Waals surface area contributed by atoms with Gasteiger partial charge in [-0.1, -0.05) is 6.07 Å². The van der Waals surface area contributed by atoms with E-state index in [1.807, 2.05) is 30.3 Å². The normalized spacial score (nSPS) is 13.5. The highest BCUT2D eigenvalue weighted by Crippen LogP contribution is 2.21. The molecule has 0 unspecified atom stereocenters. The monoisotopic (exact) mass is 362 g/mol. The SMILES string of the molecule is N#Cc1cccc(C(=O)NCC(=O)Nc2ccc(N3CCCCC3)cc2)c1. The minimum Gasteiger partial charge on any atom is -0.372 e. The van der Waals surface area contributed by atoms with Crippen LogP contribution in [0.25, 0.3) is 0 Å². The molecule has 0 spiro atoms. The van der Waals surface area contributed by atoms with Crippen molar-refractivity contribution in [3.63, 3.8) is 0 Å². The van der Waals surface area contributed by atoms with Gasteiger partial charge in [-0.3, -0.25) is 9.59 Å². The van der Waals surface area contributed by atoms with Crippen molar-refractivity contribution in [1.29, 1.82) is 5.26 Å². The molecule has 1 saturated heterocycles. The lowest BCUT2D eigenvalue weighted by Crippen LogP contribution is -2.33. The molecule has 0 saturated carbocycles. The van der Waals surface area contributed by atoms with E-state index in [1.165, 1.54) is 31.0 Å². The minimum atomic E-state index is -0.386. The van der Waals surface area contributed by atoms with E-state index in [1.54, 1.807) is 18.2 Å². The second kappa shape index (κ2) is 8.86. The van der Waals surface area contributed by atoms with Crippen LogP contribution in [0.15, 0.2) is 48.5 Å². The largest absolute Gasteiger partial charge is 0.372 e.